The maximum atomic E-state index is 12.8. The molecule has 0 spiro atoms. The Morgan fingerprint density at radius 2 is 2.09 bits per heavy atom. The van der Waals surface area contributed by atoms with E-state index in [4.69, 9.17) is 5.11 Å². The molecule has 3 atom stereocenters. The minimum absolute atomic E-state index is 0.00824. The molecule has 0 amide bonds. The normalized spacial score (nSPS) is 21.1. The fourth-order valence-electron chi connectivity index (χ4n) is 3.79. The third-order valence-corrected chi connectivity index (χ3v) is 7.43. The van der Waals surface area contributed by atoms with Crippen molar-refractivity contribution in [2.75, 3.05) is 10.9 Å². The molecule has 3 unspecified atom stereocenters. The molecule has 0 radical (unpaired) electrons. The van der Waals surface area contributed by atoms with Crippen molar-refractivity contribution in [3.63, 3.8) is 0 Å². The van der Waals surface area contributed by atoms with E-state index in [9.17, 15) is 31.8 Å². The highest BCUT2D eigenvalue weighted by molar-refractivity contribution is 7.81. The zero-order chi connectivity index (χ0) is 24.0. The summed E-state index contributed by atoms with van der Waals surface area (Å²) in [7, 11) is 0. The lowest BCUT2D eigenvalue weighted by Gasteiger charge is -2.32. The van der Waals surface area contributed by atoms with E-state index in [1.54, 1.807) is 24.3 Å². The lowest BCUT2D eigenvalue weighted by atomic mass is 10.0. The second-order valence-electron chi connectivity index (χ2n) is 7.43. The number of hydrogen-bond donors (Lipinski definition) is 2. The highest BCUT2D eigenvalue weighted by Crippen LogP contribution is 2.58. The topological polar surface area (TPSA) is 127 Å². The molecule has 3 aromatic rings. The predicted molar refractivity (Wildman–Crippen MR) is 111 cm³/mol. The van der Waals surface area contributed by atoms with Gasteiger partial charge >= 0.3 is 12.1 Å². The van der Waals surface area contributed by atoms with Gasteiger partial charge in [-0.2, -0.15) is 13.2 Å². The predicted octanol–water partition coefficient (Wildman–Crippen LogP) is 3.57. The molecule has 2 aromatic heterocycles. The maximum absolute atomic E-state index is 12.8. The number of halogens is 3. The number of nitrogens with zero attached hydrogens (tertiary/aromatic N) is 2. The first-order valence-electron chi connectivity index (χ1n) is 9.54. The summed E-state index contributed by atoms with van der Waals surface area (Å²) in [6.45, 7) is -0.0923. The van der Waals surface area contributed by atoms with E-state index in [2.05, 4.69) is 9.68 Å². The molecular formula is C20H16F3N2O6S2-. The van der Waals surface area contributed by atoms with Gasteiger partial charge in [-0.15, -0.1) is 11.3 Å². The number of thiophene rings is 1. The van der Waals surface area contributed by atoms with Crippen LogP contribution < -0.4 is 4.31 Å². The molecule has 0 aliphatic heterocycles. The van der Waals surface area contributed by atoms with Crippen LogP contribution in [0.25, 0.3) is 10.6 Å². The van der Waals surface area contributed by atoms with Crippen LogP contribution in [0.15, 0.2) is 47.0 Å². The summed E-state index contributed by atoms with van der Waals surface area (Å²) in [6, 6.07) is 10.3. The van der Waals surface area contributed by atoms with Crippen molar-refractivity contribution >= 4 is 33.6 Å². The number of aliphatic hydroxyl groups is 1. The largest absolute Gasteiger partial charge is 0.755 e. The van der Waals surface area contributed by atoms with E-state index in [1.165, 1.54) is 12.1 Å². The SMILES string of the molecule is O=C(O)C1(N(c2ccc(-c3cc(C(F)(F)F)on3)s2)S(=O)[O-])CC1c1cccc(CCO)c1. The molecule has 1 aromatic carbocycles. The number of aliphatic carboxylic acids is 1. The molecular weight excluding hydrogens is 485 g/mol. The minimum atomic E-state index is -4.73. The Labute approximate surface area is 191 Å². The number of carbonyl (C=O) groups is 1. The van der Waals surface area contributed by atoms with Crippen LogP contribution in [-0.4, -0.2) is 42.2 Å². The first-order valence-corrected chi connectivity index (χ1v) is 11.4. The molecule has 8 nitrogen and oxygen atoms in total. The van der Waals surface area contributed by atoms with E-state index in [0.717, 1.165) is 21.2 Å². The Morgan fingerprint density at radius 3 is 2.70 bits per heavy atom. The summed E-state index contributed by atoms with van der Waals surface area (Å²) >= 11 is -2.20. The van der Waals surface area contributed by atoms with Crippen molar-refractivity contribution in [2.45, 2.75) is 30.5 Å². The highest BCUT2D eigenvalue weighted by Gasteiger charge is 2.66. The lowest BCUT2D eigenvalue weighted by Crippen LogP contribution is -2.46. The number of anilines is 1. The van der Waals surface area contributed by atoms with Gasteiger partial charge in [0.25, 0.3) is 0 Å². The molecule has 1 aliphatic rings. The third-order valence-electron chi connectivity index (χ3n) is 5.40. The molecule has 0 saturated heterocycles. The van der Waals surface area contributed by atoms with E-state index < -0.39 is 40.6 Å². The van der Waals surface area contributed by atoms with Crippen LogP contribution in [0.2, 0.25) is 0 Å². The first-order chi connectivity index (χ1) is 15.6. The van der Waals surface area contributed by atoms with Crippen LogP contribution >= 0.6 is 11.3 Å². The zero-order valence-electron chi connectivity index (χ0n) is 16.6. The average Bonchev–Trinajstić information content (AvgIpc) is 3.07. The van der Waals surface area contributed by atoms with Gasteiger partial charge in [-0.05, 0) is 36.1 Å². The molecule has 33 heavy (non-hydrogen) atoms. The smallest absolute Gasteiger partial charge is 0.452 e. The van der Waals surface area contributed by atoms with Gasteiger partial charge in [0.1, 0.15) is 10.7 Å². The molecule has 1 fully saturated rings. The summed E-state index contributed by atoms with van der Waals surface area (Å²) in [5.41, 5.74) is -0.542. The summed E-state index contributed by atoms with van der Waals surface area (Å²) in [5.74, 6) is -3.30. The average molecular weight is 501 g/mol. The van der Waals surface area contributed by atoms with Gasteiger partial charge in [-0.25, -0.2) is 4.79 Å². The lowest BCUT2D eigenvalue weighted by molar-refractivity contribution is -0.155. The molecule has 2 N–H and O–H groups in total. The number of hydrogen-bond acceptors (Lipinski definition) is 7. The van der Waals surface area contributed by atoms with E-state index in [-0.39, 0.29) is 28.6 Å². The van der Waals surface area contributed by atoms with E-state index in [0.29, 0.717) is 18.1 Å². The van der Waals surface area contributed by atoms with Gasteiger partial charge in [0, 0.05) is 29.9 Å². The second kappa shape index (κ2) is 8.56. The summed E-state index contributed by atoms with van der Waals surface area (Å²) < 4.78 is 67.8. The molecule has 176 valence electrons. The number of carboxylic acids is 1. The third kappa shape index (κ3) is 4.28. The molecule has 1 aliphatic carbocycles. The van der Waals surface area contributed by atoms with Crippen LogP contribution in [0.1, 0.15) is 29.2 Å². The van der Waals surface area contributed by atoms with Crippen LogP contribution in [-0.2, 0) is 28.7 Å². The summed E-state index contributed by atoms with van der Waals surface area (Å²) in [6.07, 6.45) is -4.36. The standard InChI is InChI=1S/C20H17F3N2O6S2/c21-20(22,23)16-9-14(24-31-16)15-4-5-17(32-15)25(33(29)30)19(18(27)28)10-13(19)12-3-1-2-11(8-12)6-7-26/h1-5,8-9,13,26H,6-7,10H2,(H,27,28)(H,29,30)/p-1. The van der Waals surface area contributed by atoms with Crippen LogP contribution in [0.5, 0.6) is 0 Å². The van der Waals surface area contributed by atoms with E-state index >= 15 is 0 Å². The van der Waals surface area contributed by atoms with Crippen LogP contribution in [0.4, 0.5) is 18.2 Å². The Balaban J connectivity index is 1.68. The molecule has 13 heteroatoms. The highest BCUT2D eigenvalue weighted by atomic mass is 32.2. The van der Waals surface area contributed by atoms with Gasteiger partial charge < -0.3 is 19.3 Å². The Kier molecular flexibility index (Phi) is 6.07. The van der Waals surface area contributed by atoms with Gasteiger partial charge in [0.05, 0.1) is 4.88 Å². The Bertz CT molecular complexity index is 1210. The van der Waals surface area contributed by atoms with Crippen molar-refractivity contribution in [1.29, 1.82) is 0 Å². The van der Waals surface area contributed by atoms with Crippen molar-refractivity contribution < 1.29 is 41.5 Å². The summed E-state index contributed by atoms with van der Waals surface area (Å²) in [4.78, 5) is 12.5. The zero-order valence-corrected chi connectivity index (χ0v) is 18.2. The Hall–Kier alpha value is -2.74. The van der Waals surface area contributed by atoms with Gasteiger partial charge in [-0.3, -0.25) is 8.51 Å². The summed E-state index contributed by atoms with van der Waals surface area (Å²) in [5, 5.41) is 22.6. The molecule has 4 rings (SSSR count). The van der Waals surface area contributed by atoms with Gasteiger partial charge in [0.15, 0.2) is 5.54 Å². The van der Waals surface area contributed by atoms with Crippen molar-refractivity contribution in [1.82, 2.24) is 5.16 Å². The first kappa shape index (κ1) is 23.4. The Morgan fingerprint density at radius 1 is 1.33 bits per heavy atom. The van der Waals surface area contributed by atoms with Crippen molar-refractivity contribution in [3.8, 4) is 10.6 Å². The number of aliphatic hydroxyl groups excluding tert-OH is 1. The number of aromatic nitrogens is 1. The van der Waals surface area contributed by atoms with E-state index in [1.807, 2.05) is 0 Å². The van der Waals surface area contributed by atoms with Crippen LogP contribution in [0.3, 0.4) is 0 Å². The number of alkyl halides is 3. The second-order valence-corrected chi connectivity index (χ2v) is 9.29. The number of carboxylic acid groups (broad SMARTS) is 1. The number of benzene rings is 1. The fourth-order valence-corrected chi connectivity index (χ4v) is 5.78. The minimum Gasteiger partial charge on any atom is -0.755 e. The molecule has 2 heterocycles. The van der Waals surface area contributed by atoms with Crippen molar-refractivity contribution in [2.24, 2.45) is 0 Å². The van der Waals surface area contributed by atoms with Gasteiger partial charge in [-0.1, -0.05) is 29.4 Å². The van der Waals surface area contributed by atoms with Crippen LogP contribution in [0, 0.1) is 0 Å². The molecule has 1 saturated carbocycles. The molecule has 0 bridgehead atoms. The maximum Gasteiger partial charge on any atom is 0.452 e. The quantitative estimate of drug-likeness (QED) is 0.452. The van der Waals surface area contributed by atoms with Crippen molar-refractivity contribution in [3.05, 3.63) is 59.4 Å². The number of rotatable bonds is 8. The fraction of sp³-hybridized carbons (Fsp3) is 0.300. The van der Waals surface area contributed by atoms with Gasteiger partial charge in [0.2, 0.25) is 5.76 Å². The monoisotopic (exact) mass is 501 g/mol.